The predicted molar refractivity (Wildman–Crippen MR) is 77.3 cm³/mol. The number of rotatable bonds is 5. The van der Waals surface area contributed by atoms with Crippen LogP contribution < -0.4 is 4.72 Å². The number of piperidine rings is 1. The highest BCUT2D eigenvalue weighted by atomic mass is 32.2. The average Bonchev–Trinajstić information content (AvgIpc) is 2.92. The molecule has 1 amide bonds. The summed E-state index contributed by atoms with van der Waals surface area (Å²) in [7, 11) is -1.67. The van der Waals surface area contributed by atoms with Gasteiger partial charge in [-0.05, 0) is 12.8 Å². The molecule has 2 saturated heterocycles. The van der Waals surface area contributed by atoms with Crippen LogP contribution in [0.4, 0.5) is 0 Å². The number of carbonyl (C=O) groups is 1. The molecular formula is C13H24N2O5S. The van der Waals surface area contributed by atoms with Crippen LogP contribution >= 0.6 is 0 Å². The Bertz CT molecular complexity index is 461. The fraction of sp³-hybridized carbons (Fsp3) is 0.923. The molecule has 2 fully saturated rings. The summed E-state index contributed by atoms with van der Waals surface area (Å²) in [6, 6.07) is -0.177. The maximum absolute atomic E-state index is 12.4. The number of amides is 1. The second-order valence-corrected chi connectivity index (χ2v) is 7.63. The Morgan fingerprint density at radius 2 is 2.19 bits per heavy atom. The minimum Gasteiger partial charge on any atom is -0.384 e. The Balaban J connectivity index is 1.98. The average molecular weight is 320 g/mol. The summed E-state index contributed by atoms with van der Waals surface area (Å²) in [4.78, 5) is 14.2. The van der Waals surface area contributed by atoms with Crippen molar-refractivity contribution in [2.45, 2.75) is 18.9 Å². The predicted octanol–water partition coefficient (Wildman–Crippen LogP) is -0.564. The van der Waals surface area contributed by atoms with Crippen molar-refractivity contribution in [1.82, 2.24) is 9.62 Å². The number of nitrogens with zero attached hydrogens (tertiary/aromatic N) is 1. The molecule has 2 rings (SSSR count). The molecular weight excluding hydrogens is 296 g/mol. The van der Waals surface area contributed by atoms with E-state index in [1.807, 2.05) is 4.90 Å². The van der Waals surface area contributed by atoms with E-state index in [9.17, 15) is 13.2 Å². The molecule has 0 spiro atoms. The SMILES string of the molecule is COC[C@@H]1CN(C(=O)[C@H]2CCOC2)CC[C@@H]1NS(C)(=O)=O. The first-order valence-electron chi connectivity index (χ1n) is 7.23. The van der Waals surface area contributed by atoms with Gasteiger partial charge in [-0.1, -0.05) is 0 Å². The van der Waals surface area contributed by atoms with E-state index in [4.69, 9.17) is 9.47 Å². The second-order valence-electron chi connectivity index (χ2n) is 5.85. The molecule has 8 heteroatoms. The summed E-state index contributed by atoms with van der Waals surface area (Å²) in [6.45, 7) is 2.66. The topological polar surface area (TPSA) is 84.9 Å². The smallest absolute Gasteiger partial charge is 0.228 e. The largest absolute Gasteiger partial charge is 0.384 e. The summed E-state index contributed by atoms with van der Waals surface area (Å²) >= 11 is 0. The monoisotopic (exact) mass is 320 g/mol. The highest BCUT2D eigenvalue weighted by Crippen LogP contribution is 2.23. The first kappa shape index (κ1) is 16.7. The molecule has 0 bridgehead atoms. The van der Waals surface area contributed by atoms with Crippen molar-refractivity contribution in [2.24, 2.45) is 11.8 Å². The minimum absolute atomic E-state index is 0.0234. The van der Waals surface area contributed by atoms with Gasteiger partial charge in [0.15, 0.2) is 0 Å². The normalized spacial score (nSPS) is 30.6. The Morgan fingerprint density at radius 1 is 1.43 bits per heavy atom. The molecule has 0 aromatic rings. The highest BCUT2D eigenvalue weighted by Gasteiger charge is 2.36. The van der Waals surface area contributed by atoms with Crippen molar-refractivity contribution in [3.8, 4) is 0 Å². The molecule has 0 aromatic heterocycles. The lowest BCUT2D eigenvalue weighted by atomic mass is 9.92. The number of hydrogen-bond acceptors (Lipinski definition) is 5. The van der Waals surface area contributed by atoms with Gasteiger partial charge >= 0.3 is 0 Å². The standard InChI is InChI=1S/C13H24N2O5S/c1-19-8-11-7-15(13(16)10-4-6-20-9-10)5-3-12(11)14-21(2,17)18/h10-12,14H,3-9H2,1-2H3/t10-,11-,12-/m0/s1. The van der Waals surface area contributed by atoms with Crippen molar-refractivity contribution in [3.63, 3.8) is 0 Å². The van der Waals surface area contributed by atoms with Gasteiger partial charge in [0.1, 0.15) is 0 Å². The third kappa shape index (κ3) is 4.64. The van der Waals surface area contributed by atoms with Crippen LogP contribution in [0.15, 0.2) is 0 Å². The summed E-state index contributed by atoms with van der Waals surface area (Å²) in [6.07, 6.45) is 2.54. The lowest BCUT2D eigenvalue weighted by molar-refractivity contribution is -0.138. The maximum Gasteiger partial charge on any atom is 0.228 e. The second kappa shape index (κ2) is 7.04. The van der Waals surface area contributed by atoms with Crippen LogP contribution in [0.5, 0.6) is 0 Å². The minimum atomic E-state index is -3.26. The van der Waals surface area contributed by atoms with E-state index in [-0.39, 0.29) is 23.8 Å². The maximum atomic E-state index is 12.4. The van der Waals surface area contributed by atoms with Gasteiger partial charge < -0.3 is 14.4 Å². The molecule has 0 unspecified atom stereocenters. The van der Waals surface area contributed by atoms with Gasteiger partial charge in [-0.25, -0.2) is 13.1 Å². The molecule has 122 valence electrons. The molecule has 3 atom stereocenters. The van der Waals surface area contributed by atoms with Crippen LogP contribution in [-0.4, -0.2) is 71.5 Å². The van der Waals surface area contributed by atoms with Crippen LogP contribution in [-0.2, 0) is 24.3 Å². The summed E-state index contributed by atoms with van der Waals surface area (Å²) in [5, 5.41) is 0. The molecule has 0 aliphatic carbocycles. The molecule has 0 saturated carbocycles. The molecule has 21 heavy (non-hydrogen) atoms. The van der Waals surface area contributed by atoms with Gasteiger partial charge in [0.2, 0.25) is 15.9 Å². The Hall–Kier alpha value is -0.700. The van der Waals surface area contributed by atoms with E-state index in [2.05, 4.69) is 4.72 Å². The van der Waals surface area contributed by atoms with Gasteiger partial charge in [-0.2, -0.15) is 0 Å². The highest BCUT2D eigenvalue weighted by molar-refractivity contribution is 7.88. The van der Waals surface area contributed by atoms with E-state index in [0.29, 0.717) is 39.3 Å². The van der Waals surface area contributed by atoms with Crippen LogP contribution in [0.1, 0.15) is 12.8 Å². The molecule has 1 N–H and O–H groups in total. The number of sulfonamides is 1. The van der Waals surface area contributed by atoms with Crippen molar-refractivity contribution in [3.05, 3.63) is 0 Å². The lowest BCUT2D eigenvalue weighted by Gasteiger charge is -2.39. The van der Waals surface area contributed by atoms with Gasteiger partial charge in [0, 0.05) is 38.8 Å². The van der Waals surface area contributed by atoms with Crippen molar-refractivity contribution < 1.29 is 22.7 Å². The van der Waals surface area contributed by atoms with E-state index in [1.165, 1.54) is 0 Å². The van der Waals surface area contributed by atoms with Crippen molar-refractivity contribution >= 4 is 15.9 Å². The fourth-order valence-corrected chi connectivity index (χ4v) is 3.89. The molecule has 2 heterocycles. The quantitative estimate of drug-likeness (QED) is 0.734. The first-order valence-corrected chi connectivity index (χ1v) is 9.12. The number of hydrogen-bond donors (Lipinski definition) is 1. The van der Waals surface area contributed by atoms with Gasteiger partial charge in [0.25, 0.3) is 0 Å². The van der Waals surface area contributed by atoms with E-state index in [1.54, 1.807) is 7.11 Å². The number of likely N-dealkylation sites (tertiary alicyclic amines) is 1. The molecule has 7 nitrogen and oxygen atoms in total. The van der Waals surface area contributed by atoms with E-state index in [0.717, 1.165) is 12.7 Å². The van der Waals surface area contributed by atoms with Gasteiger partial charge in [-0.3, -0.25) is 4.79 Å². The van der Waals surface area contributed by atoms with Gasteiger partial charge in [0.05, 0.1) is 25.4 Å². The molecule has 2 aliphatic rings. The van der Waals surface area contributed by atoms with Crippen molar-refractivity contribution in [1.29, 1.82) is 0 Å². The zero-order chi connectivity index (χ0) is 15.5. The van der Waals surface area contributed by atoms with Gasteiger partial charge in [-0.15, -0.1) is 0 Å². The van der Waals surface area contributed by atoms with E-state index >= 15 is 0 Å². The molecule has 2 aliphatic heterocycles. The van der Waals surface area contributed by atoms with E-state index < -0.39 is 10.0 Å². The van der Waals surface area contributed by atoms with Crippen LogP contribution in [0.2, 0.25) is 0 Å². The van der Waals surface area contributed by atoms with Crippen LogP contribution in [0.25, 0.3) is 0 Å². The zero-order valence-electron chi connectivity index (χ0n) is 12.6. The number of nitrogens with one attached hydrogen (secondary N) is 1. The Kier molecular flexibility index (Phi) is 5.59. The van der Waals surface area contributed by atoms with Crippen molar-refractivity contribution in [2.75, 3.05) is 46.3 Å². The van der Waals surface area contributed by atoms with Crippen LogP contribution in [0, 0.1) is 11.8 Å². The number of ether oxygens (including phenoxy) is 2. The number of methoxy groups -OCH3 is 1. The zero-order valence-corrected chi connectivity index (χ0v) is 13.4. The fourth-order valence-electron chi connectivity index (χ4n) is 3.03. The molecule has 0 aromatic carbocycles. The third-order valence-electron chi connectivity index (χ3n) is 4.07. The summed E-state index contributed by atoms with van der Waals surface area (Å²) in [5.41, 5.74) is 0. The molecule has 0 radical (unpaired) electrons. The Morgan fingerprint density at radius 3 is 2.76 bits per heavy atom. The third-order valence-corrected chi connectivity index (χ3v) is 4.80. The summed E-state index contributed by atoms with van der Waals surface area (Å²) in [5.74, 6) is 0.0452. The van der Waals surface area contributed by atoms with Crippen LogP contribution in [0.3, 0.4) is 0 Å². The first-order chi connectivity index (χ1) is 9.90. The summed E-state index contributed by atoms with van der Waals surface area (Å²) < 4.78 is 35.9. The lowest BCUT2D eigenvalue weighted by Crippen LogP contribution is -2.54. The Labute approximate surface area is 126 Å². The number of carbonyl (C=O) groups excluding carboxylic acids is 1.